The zero-order chi connectivity index (χ0) is 18.2. The van der Waals surface area contributed by atoms with Gasteiger partial charge in [-0.05, 0) is 24.3 Å². The molecule has 0 bridgehead atoms. The van der Waals surface area contributed by atoms with Gasteiger partial charge in [0.25, 0.3) is 5.91 Å². The summed E-state index contributed by atoms with van der Waals surface area (Å²) in [5.74, 6) is 0.178. The molecule has 0 aliphatic carbocycles. The van der Waals surface area contributed by atoms with Crippen LogP contribution in [-0.2, 0) is 11.3 Å². The number of nitrogens with zero attached hydrogens (tertiary/aromatic N) is 3. The molecule has 136 valence electrons. The first-order valence-corrected chi connectivity index (χ1v) is 8.71. The van der Waals surface area contributed by atoms with E-state index in [1.54, 1.807) is 4.90 Å². The molecule has 0 saturated carbocycles. The molecule has 7 nitrogen and oxygen atoms in total. The van der Waals surface area contributed by atoms with Gasteiger partial charge in [-0.2, -0.15) is 0 Å². The molecule has 1 N–H and O–H groups in total. The molecule has 0 spiro atoms. The molecule has 0 radical (unpaired) electrons. The maximum Gasteiger partial charge on any atom is 0.410 e. The molecule has 7 heteroatoms. The molecule has 2 aromatic rings. The maximum absolute atomic E-state index is 12.1. The highest BCUT2D eigenvalue weighted by atomic mass is 16.6. The first-order chi connectivity index (χ1) is 12.7. The lowest BCUT2D eigenvalue weighted by molar-refractivity contribution is 0.0800. The van der Waals surface area contributed by atoms with E-state index in [1.807, 2.05) is 30.3 Å². The van der Waals surface area contributed by atoms with Crippen molar-refractivity contribution < 1.29 is 14.3 Å². The highest BCUT2D eigenvalue weighted by molar-refractivity contribution is 5.93. The van der Waals surface area contributed by atoms with Gasteiger partial charge < -0.3 is 15.0 Å². The predicted octanol–water partition coefficient (Wildman–Crippen LogP) is 2.26. The third-order valence-electron chi connectivity index (χ3n) is 4.45. The largest absolute Gasteiger partial charge is 0.445 e. The molecule has 0 atom stereocenters. The summed E-state index contributed by atoms with van der Waals surface area (Å²) in [6.07, 6.45) is 5.78. The number of rotatable bonds is 5. The Balaban J connectivity index is 1.37. The zero-order valence-electron chi connectivity index (χ0n) is 14.5. The summed E-state index contributed by atoms with van der Waals surface area (Å²) in [6.45, 7) is 2.15. The number of hydrogen-bond acceptors (Lipinski definition) is 5. The van der Waals surface area contributed by atoms with E-state index in [2.05, 4.69) is 15.3 Å². The van der Waals surface area contributed by atoms with Crippen LogP contribution in [-0.4, -0.2) is 46.5 Å². The number of ether oxygens (including phenoxy) is 1. The quantitative estimate of drug-likeness (QED) is 0.890. The molecule has 2 heterocycles. The number of carbonyl (C=O) groups is 2. The van der Waals surface area contributed by atoms with Crippen LogP contribution in [0.3, 0.4) is 0 Å². The lowest BCUT2D eigenvalue weighted by atomic mass is 9.97. The molecular formula is C19H22N4O3. The van der Waals surface area contributed by atoms with Crippen LogP contribution in [0.2, 0.25) is 0 Å². The predicted molar refractivity (Wildman–Crippen MR) is 95.3 cm³/mol. The molecular weight excluding hydrogens is 332 g/mol. The molecule has 1 fully saturated rings. The first-order valence-electron chi connectivity index (χ1n) is 8.71. The molecule has 1 aliphatic heterocycles. The van der Waals surface area contributed by atoms with Crippen LogP contribution in [0.25, 0.3) is 0 Å². The Hall–Kier alpha value is -2.96. The zero-order valence-corrected chi connectivity index (χ0v) is 14.5. The van der Waals surface area contributed by atoms with Gasteiger partial charge in [0.05, 0.1) is 5.56 Å². The van der Waals surface area contributed by atoms with Crippen LogP contribution in [0.15, 0.2) is 49.1 Å². The van der Waals surface area contributed by atoms with Gasteiger partial charge in [0.15, 0.2) is 0 Å². The minimum atomic E-state index is -0.280. The van der Waals surface area contributed by atoms with Gasteiger partial charge in [-0.1, -0.05) is 30.3 Å². The summed E-state index contributed by atoms with van der Waals surface area (Å²) in [7, 11) is 0. The van der Waals surface area contributed by atoms with Gasteiger partial charge in [0.2, 0.25) is 0 Å². The van der Waals surface area contributed by atoms with E-state index in [0.29, 0.717) is 31.1 Å². The molecule has 0 unspecified atom stereocenters. The van der Waals surface area contributed by atoms with Gasteiger partial charge in [0.1, 0.15) is 12.9 Å². The first kappa shape index (κ1) is 17.8. The normalized spacial score (nSPS) is 14.7. The average molecular weight is 354 g/mol. The van der Waals surface area contributed by atoms with Crippen molar-refractivity contribution in [2.24, 2.45) is 5.92 Å². The summed E-state index contributed by atoms with van der Waals surface area (Å²) in [4.78, 5) is 33.6. The fourth-order valence-corrected chi connectivity index (χ4v) is 2.89. The van der Waals surface area contributed by atoms with Crippen molar-refractivity contribution in [3.05, 3.63) is 60.2 Å². The van der Waals surface area contributed by atoms with E-state index in [0.717, 1.165) is 18.4 Å². The van der Waals surface area contributed by atoms with Crippen LogP contribution >= 0.6 is 0 Å². The Labute approximate surface area is 152 Å². The summed E-state index contributed by atoms with van der Waals surface area (Å²) in [6, 6.07) is 9.63. The Morgan fingerprint density at radius 1 is 1.12 bits per heavy atom. The number of carbonyl (C=O) groups excluding carboxylic acids is 2. The highest BCUT2D eigenvalue weighted by Crippen LogP contribution is 2.17. The number of likely N-dealkylation sites (tertiary alicyclic amines) is 1. The average Bonchev–Trinajstić information content (AvgIpc) is 2.72. The van der Waals surface area contributed by atoms with E-state index < -0.39 is 0 Å². The van der Waals surface area contributed by atoms with E-state index in [4.69, 9.17) is 4.74 Å². The van der Waals surface area contributed by atoms with Crippen LogP contribution in [0, 0.1) is 5.92 Å². The fraction of sp³-hybridized carbons (Fsp3) is 0.368. The van der Waals surface area contributed by atoms with Crippen molar-refractivity contribution in [3.8, 4) is 0 Å². The SMILES string of the molecule is O=C(NCC1CCN(C(=O)OCc2ccccc2)CC1)c1cncnc1. The van der Waals surface area contributed by atoms with Crippen LogP contribution < -0.4 is 5.32 Å². The molecule has 1 aromatic carbocycles. The monoisotopic (exact) mass is 354 g/mol. The molecule has 2 amide bonds. The lowest BCUT2D eigenvalue weighted by Gasteiger charge is -2.31. The Kier molecular flexibility index (Phi) is 6.14. The van der Waals surface area contributed by atoms with E-state index in [9.17, 15) is 9.59 Å². The van der Waals surface area contributed by atoms with Crippen molar-refractivity contribution >= 4 is 12.0 Å². The molecule has 1 saturated heterocycles. The minimum Gasteiger partial charge on any atom is -0.445 e. The summed E-state index contributed by atoms with van der Waals surface area (Å²) in [5, 5.41) is 2.91. The maximum atomic E-state index is 12.1. The molecule has 1 aromatic heterocycles. The second-order valence-corrected chi connectivity index (χ2v) is 6.31. The van der Waals surface area contributed by atoms with Crippen molar-refractivity contribution in [1.29, 1.82) is 0 Å². The van der Waals surface area contributed by atoms with Crippen LogP contribution in [0.1, 0.15) is 28.8 Å². The van der Waals surface area contributed by atoms with Gasteiger partial charge >= 0.3 is 6.09 Å². The smallest absolute Gasteiger partial charge is 0.410 e. The van der Waals surface area contributed by atoms with Crippen molar-refractivity contribution in [3.63, 3.8) is 0 Å². The van der Waals surface area contributed by atoms with Crippen molar-refractivity contribution in [1.82, 2.24) is 20.2 Å². The van der Waals surface area contributed by atoms with E-state index in [1.165, 1.54) is 18.7 Å². The number of hydrogen-bond donors (Lipinski definition) is 1. The second-order valence-electron chi connectivity index (χ2n) is 6.31. The molecule has 1 aliphatic rings. The van der Waals surface area contributed by atoms with E-state index >= 15 is 0 Å². The Bertz CT molecular complexity index is 716. The topological polar surface area (TPSA) is 84.4 Å². The highest BCUT2D eigenvalue weighted by Gasteiger charge is 2.24. The minimum absolute atomic E-state index is 0.171. The summed E-state index contributed by atoms with van der Waals surface area (Å²) in [5.41, 5.74) is 1.43. The van der Waals surface area contributed by atoms with Gasteiger partial charge in [-0.15, -0.1) is 0 Å². The summed E-state index contributed by atoms with van der Waals surface area (Å²) < 4.78 is 5.36. The van der Waals surface area contributed by atoms with Crippen LogP contribution in [0.5, 0.6) is 0 Å². The number of benzene rings is 1. The third-order valence-corrected chi connectivity index (χ3v) is 4.45. The Morgan fingerprint density at radius 2 is 1.81 bits per heavy atom. The van der Waals surface area contributed by atoms with Crippen molar-refractivity contribution in [2.45, 2.75) is 19.4 Å². The van der Waals surface area contributed by atoms with Gasteiger partial charge in [-0.25, -0.2) is 14.8 Å². The van der Waals surface area contributed by atoms with Crippen LogP contribution in [0.4, 0.5) is 4.79 Å². The van der Waals surface area contributed by atoms with Crippen molar-refractivity contribution in [2.75, 3.05) is 19.6 Å². The Morgan fingerprint density at radius 3 is 2.50 bits per heavy atom. The number of nitrogens with one attached hydrogen (secondary N) is 1. The van der Waals surface area contributed by atoms with Gasteiger partial charge in [-0.3, -0.25) is 4.79 Å². The second kappa shape index (κ2) is 8.94. The van der Waals surface area contributed by atoms with Gasteiger partial charge in [0, 0.05) is 32.0 Å². The lowest BCUT2D eigenvalue weighted by Crippen LogP contribution is -2.41. The number of amides is 2. The van der Waals surface area contributed by atoms with E-state index in [-0.39, 0.29) is 18.6 Å². The summed E-state index contributed by atoms with van der Waals surface area (Å²) >= 11 is 0. The number of aromatic nitrogens is 2. The number of piperidine rings is 1. The fourth-order valence-electron chi connectivity index (χ4n) is 2.89. The molecule has 3 rings (SSSR count). The standard InChI is InChI=1S/C19H22N4O3/c24-18(17-11-20-14-21-12-17)22-10-15-6-8-23(9-7-15)19(25)26-13-16-4-2-1-3-5-16/h1-5,11-12,14-15H,6-10,13H2,(H,22,24). The third kappa shape index (κ3) is 5.02. The molecule has 26 heavy (non-hydrogen) atoms.